The monoisotopic (exact) mass is 372 g/mol. The van der Waals surface area contributed by atoms with Crippen molar-refractivity contribution in [3.05, 3.63) is 58.1 Å². The Hall–Kier alpha value is -3.09. The molecule has 7 nitrogen and oxygen atoms in total. The van der Waals surface area contributed by atoms with E-state index in [-0.39, 0.29) is 22.8 Å². The van der Waals surface area contributed by atoms with Crippen LogP contribution in [0.3, 0.4) is 0 Å². The summed E-state index contributed by atoms with van der Waals surface area (Å²) in [4.78, 5) is 22.7. The molecule has 0 aromatic heterocycles. The average molecular weight is 372 g/mol. The van der Waals surface area contributed by atoms with Crippen molar-refractivity contribution in [2.45, 2.75) is 39.2 Å². The van der Waals surface area contributed by atoms with Gasteiger partial charge in [0.25, 0.3) is 11.6 Å². The molecule has 0 unspecified atom stereocenters. The molecule has 0 saturated heterocycles. The second kappa shape index (κ2) is 8.07. The highest BCUT2D eigenvalue weighted by molar-refractivity contribution is 5.95. The lowest BCUT2D eigenvalue weighted by molar-refractivity contribution is -0.384. The molecule has 1 N–H and O–H groups in total. The zero-order valence-corrected chi connectivity index (χ0v) is 16.1. The predicted octanol–water partition coefficient (Wildman–Crippen LogP) is 4.31. The van der Waals surface area contributed by atoms with Crippen molar-refractivity contribution in [3.8, 4) is 11.5 Å². The summed E-state index contributed by atoms with van der Waals surface area (Å²) >= 11 is 0. The summed E-state index contributed by atoms with van der Waals surface area (Å²) in [5, 5.41) is 13.5. The van der Waals surface area contributed by atoms with E-state index in [9.17, 15) is 14.9 Å². The van der Waals surface area contributed by atoms with Crippen molar-refractivity contribution in [3.63, 3.8) is 0 Å². The first kappa shape index (κ1) is 20.2. The topological polar surface area (TPSA) is 90.7 Å². The van der Waals surface area contributed by atoms with Gasteiger partial charge in [-0.3, -0.25) is 14.9 Å². The van der Waals surface area contributed by atoms with Gasteiger partial charge in [0.05, 0.1) is 23.8 Å². The van der Waals surface area contributed by atoms with Gasteiger partial charge in [0.2, 0.25) is 0 Å². The molecule has 2 rings (SSSR count). The van der Waals surface area contributed by atoms with Crippen molar-refractivity contribution in [1.29, 1.82) is 0 Å². The van der Waals surface area contributed by atoms with E-state index in [4.69, 9.17) is 9.47 Å². The van der Waals surface area contributed by atoms with E-state index in [0.29, 0.717) is 11.4 Å². The van der Waals surface area contributed by atoms with Gasteiger partial charge in [0, 0.05) is 6.07 Å². The minimum absolute atomic E-state index is 0.0357. The molecule has 0 aliphatic rings. The molecular formula is C20H24N2O5. The van der Waals surface area contributed by atoms with Crippen molar-refractivity contribution in [1.82, 2.24) is 0 Å². The molecule has 0 aliphatic carbocycles. The largest absolute Gasteiger partial charge is 0.494 e. The molecule has 0 spiro atoms. The Balaban J connectivity index is 2.06. The number of carbonyl (C=O) groups excluding carboxylic acids is 1. The lowest BCUT2D eigenvalue weighted by Gasteiger charge is -2.20. The smallest absolute Gasteiger partial charge is 0.273 e. The summed E-state index contributed by atoms with van der Waals surface area (Å²) in [5.74, 6) is 0.405. The zero-order chi connectivity index (χ0) is 20.2. The average Bonchev–Trinajstić information content (AvgIpc) is 2.61. The summed E-state index contributed by atoms with van der Waals surface area (Å²) < 4.78 is 10.8. The van der Waals surface area contributed by atoms with Gasteiger partial charge in [0.1, 0.15) is 11.5 Å². The van der Waals surface area contributed by atoms with Gasteiger partial charge in [-0.1, -0.05) is 32.9 Å². The number of ether oxygens (including phenoxy) is 2. The van der Waals surface area contributed by atoms with Gasteiger partial charge in [-0.2, -0.15) is 0 Å². The number of nitrogens with one attached hydrogen (secondary N) is 1. The van der Waals surface area contributed by atoms with Crippen LogP contribution in [0.4, 0.5) is 11.4 Å². The third-order valence-corrected chi connectivity index (χ3v) is 4.06. The van der Waals surface area contributed by atoms with Gasteiger partial charge in [-0.05, 0) is 36.1 Å². The first-order chi connectivity index (χ1) is 12.6. The van der Waals surface area contributed by atoms with Crippen LogP contribution < -0.4 is 14.8 Å². The molecule has 0 saturated carbocycles. The standard InChI is InChI=1S/C20H24N2O5/c1-13(27-16-9-6-14(7-10-16)20(2,3)4)19(23)21-17-11-8-15(22(24)25)12-18(17)26-5/h6-13H,1-5H3,(H,21,23)/t13-/m1/s1. The summed E-state index contributed by atoms with van der Waals surface area (Å²) in [5.41, 5.74) is 1.43. The van der Waals surface area contributed by atoms with Crippen LogP contribution in [0.1, 0.15) is 33.3 Å². The molecule has 27 heavy (non-hydrogen) atoms. The zero-order valence-electron chi connectivity index (χ0n) is 16.1. The van der Waals surface area contributed by atoms with Crippen LogP contribution >= 0.6 is 0 Å². The molecule has 1 atom stereocenters. The van der Waals surface area contributed by atoms with Gasteiger partial charge >= 0.3 is 0 Å². The van der Waals surface area contributed by atoms with E-state index in [1.807, 2.05) is 24.3 Å². The third-order valence-electron chi connectivity index (χ3n) is 4.06. The van der Waals surface area contributed by atoms with Gasteiger partial charge < -0.3 is 14.8 Å². The molecule has 144 valence electrons. The highest BCUT2D eigenvalue weighted by Gasteiger charge is 2.19. The highest BCUT2D eigenvalue weighted by Crippen LogP contribution is 2.29. The highest BCUT2D eigenvalue weighted by atomic mass is 16.6. The maximum Gasteiger partial charge on any atom is 0.273 e. The number of nitrogens with zero attached hydrogens (tertiary/aromatic N) is 1. The van der Waals surface area contributed by atoms with Crippen LogP contribution in [0.15, 0.2) is 42.5 Å². The second-order valence-electron chi connectivity index (χ2n) is 7.17. The number of hydrogen-bond acceptors (Lipinski definition) is 5. The van der Waals surface area contributed by atoms with Gasteiger partial charge in [-0.15, -0.1) is 0 Å². The summed E-state index contributed by atoms with van der Waals surface area (Å²) in [6.07, 6.45) is -0.759. The van der Waals surface area contributed by atoms with Crippen molar-refractivity contribution < 1.29 is 19.2 Å². The number of non-ortho nitro benzene ring substituents is 1. The number of anilines is 1. The number of nitro benzene ring substituents is 1. The Kier molecular flexibility index (Phi) is 6.05. The van der Waals surface area contributed by atoms with Crippen LogP contribution in [0, 0.1) is 10.1 Å². The molecule has 0 fully saturated rings. The predicted molar refractivity (Wildman–Crippen MR) is 104 cm³/mol. The fourth-order valence-corrected chi connectivity index (χ4v) is 2.42. The minimum Gasteiger partial charge on any atom is -0.494 e. The fraction of sp³-hybridized carbons (Fsp3) is 0.350. The Morgan fingerprint density at radius 1 is 1.15 bits per heavy atom. The Morgan fingerprint density at radius 3 is 2.30 bits per heavy atom. The van der Waals surface area contributed by atoms with Crippen LogP contribution in [-0.2, 0) is 10.2 Å². The van der Waals surface area contributed by atoms with E-state index < -0.39 is 11.0 Å². The third kappa shape index (κ3) is 5.20. The molecule has 0 radical (unpaired) electrons. The van der Waals surface area contributed by atoms with E-state index in [1.165, 1.54) is 30.9 Å². The summed E-state index contributed by atoms with van der Waals surface area (Å²) in [6, 6.07) is 11.6. The first-order valence-electron chi connectivity index (χ1n) is 8.52. The first-order valence-corrected chi connectivity index (χ1v) is 8.52. The quantitative estimate of drug-likeness (QED) is 0.603. The van der Waals surface area contributed by atoms with Crippen molar-refractivity contribution in [2.75, 3.05) is 12.4 Å². The Bertz CT molecular complexity index is 825. The number of hydrogen-bond donors (Lipinski definition) is 1. The SMILES string of the molecule is COc1cc([N+](=O)[O-])ccc1NC(=O)[C@@H](C)Oc1ccc(C(C)(C)C)cc1. The number of benzene rings is 2. The lowest BCUT2D eigenvalue weighted by Crippen LogP contribution is -2.30. The molecule has 1 amide bonds. The van der Waals surface area contributed by atoms with Crippen LogP contribution in [0.5, 0.6) is 11.5 Å². The van der Waals surface area contributed by atoms with E-state index in [2.05, 4.69) is 26.1 Å². The second-order valence-corrected chi connectivity index (χ2v) is 7.17. The fourth-order valence-electron chi connectivity index (χ4n) is 2.42. The lowest BCUT2D eigenvalue weighted by atomic mass is 9.87. The molecule has 2 aromatic carbocycles. The maximum atomic E-state index is 12.4. The molecule has 0 heterocycles. The van der Waals surface area contributed by atoms with E-state index in [1.54, 1.807) is 6.92 Å². The minimum atomic E-state index is -0.759. The van der Waals surface area contributed by atoms with Crippen molar-refractivity contribution in [2.24, 2.45) is 0 Å². The summed E-state index contributed by atoms with van der Waals surface area (Å²) in [6.45, 7) is 7.99. The molecule has 0 aliphatic heterocycles. The van der Waals surface area contributed by atoms with E-state index >= 15 is 0 Å². The molecular weight excluding hydrogens is 348 g/mol. The van der Waals surface area contributed by atoms with Crippen molar-refractivity contribution >= 4 is 17.3 Å². The van der Waals surface area contributed by atoms with Gasteiger partial charge in [0.15, 0.2) is 6.10 Å². The number of carbonyl (C=O) groups is 1. The number of rotatable bonds is 6. The van der Waals surface area contributed by atoms with Crippen LogP contribution in [0.25, 0.3) is 0 Å². The number of nitro groups is 1. The van der Waals surface area contributed by atoms with Crippen LogP contribution in [-0.4, -0.2) is 24.0 Å². The van der Waals surface area contributed by atoms with E-state index in [0.717, 1.165) is 0 Å². The molecule has 0 bridgehead atoms. The maximum absolute atomic E-state index is 12.4. The number of methoxy groups -OCH3 is 1. The van der Waals surface area contributed by atoms with Crippen LogP contribution in [0.2, 0.25) is 0 Å². The molecule has 2 aromatic rings. The normalized spacial score (nSPS) is 12.2. The van der Waals surface area contributed by atoms with Gasteiger partial charge in [-0.25, -0.2) is 0 Å². The summed E-state index contributed by atoms with van der Waals surface area (Å²) in [7, 11) is 1.38. The molecule has 7 heteroatoms. The Morgan fingerprint density at radius 2 is 1.78 bits per heavy atom. The number of amides is 1. The Labute approximate surface area is 158 Å².